The first-order valence-corrected chi connectivity index (χ1v) is 9.02. The Labute approximate surface area is 144 Å². The monoisotopic (exact) mass is 328 g/mol. The van der Waals surface area contributed by atoms with Crippen LogP contribution < -0.4 is 10.1 Å². The lowest BCUT2D eigenvalue weighted by Gasteiger charge is -2.38. The number of aliphatic hydroxyl groups excluding tert-OH is 1. The van der Waals surface area contributed by atoms with Gasteiger partial charge in [-0.2, -0.15) is 0 Å². The number of piperidine rings is 1. The fourth-order valence-electron chi connectivity index (χ4n) is 4.04. The van der Waals surface area contributed by atoms with Crippen LogP contribution in [0.4, 0.5) is 0 Å². The third kappa shape index (κ3) is 3.26. The summed E-state index contributed by atoms with van der Waals surface area (Å²) in [7, 11) is 1.66. The van der Waals surface area contributed by atoms with E-state index in [9.17, 15) is 5.11 Å². The van der Waals surface area contributed by atoms with Crippen molar-refractivity contribution in [3.05, 3.63) is 36.0 Å². The molecule has 0 spiro atoms. The van der Waals surface area contributed by atoms with E-state index < -0.39 is 6.10 Å². The van der Waals surface area contributed by atoms with Crippen molar-refractivity contribution in [3.63, 3.8) is 0 Å². The molecule has 4 atom stereocenters. The van der Waals surface area contributed by atoms with Crippen LogP contribution in [0.3, 0.4) is 0 Å². The average molecular weight is 328 g/mol. The van der Waals surface area contributed by atoms with E-state index in [0.717, 1.165) is 35.2 Å². The average Bonchev–Trinajstić information content (AvgIpc) is 2.65. The second kappa shape index (κ2) is 7.49. The molecule has 1 unspecified atom stereocenters. The molecule has 1 fully saturated rings. The lowest BCUT2D eigenvalue weighted by Crippen LogP contribution is -2.46. The van der Waals surface area contributed by atoms with E-state index >= 15 is 0 Å². The van der Waals surface area contributed by atoms with E-state index in [-0.39, 0.29) is 6.04 Å². The summed E-state index contributed by atoms with van der Waals surface area (Å²) in [5.74, 6) is 2.18. The number of aromatic nitrogens is 1. The van der Waals surface area contributed by atoms with Crippen molar-refractivity contribution in [2.75, 3.05) is 13.7 Å². The van der Waals surface area contributed by atoms with E-state index in [0.29, 0.717) is 11.8 Å². The van der Waals surface area contributed by atoms with Crippen molar-refractivity contribution < 1.29 is 9.84 Å². The number of pyridine rings is 1. The predicted octanol–water partition coefficient (Wildman–Crippen LogP) is 3.69. The summed E-state index contributed by atoms with van der Waals surface area (Å²) in [5, 5.41) is 15.6. The fraction of sp³-hybridized carbons (Fsp3) is 0.550. The largest absolute Gasteiger partial charge is 0.497 e. The summed E-state index contributed by atoms with van der Waals surface area (Å²) in [5.41, 5.74) is 1.82. The van der Waals surface area contributed by atoms with Gasteiger partial charge in [-0.25, -0.2) is 0 Å². The first-order chi connectivity index (χ1) is 11.7. The molecule has 2 aromatic rings. The number of nitrogens with one attached hydrogen (secondary N) is 1. The van der Waals surface area contributed by atoms with Gasteiger partial charge in [0, 0.05) is 17.6 Å². The number of hydrogen-bond acceptors (Lipinski definition) is 4. The highest BCUT2D eigenvalue weighted by atomic mass is 16.5. The van der Waals surface area contributed by atoms with Crippen LogP contribution in [0.1, 0.15) is 44.8 Å². The van der Waals surface area contributed by atoms with Gasteiger partial charge in [-0.1, -0.05) is 26.7 Å². The summed E-state index contributed by atoms with van der Waals surface area (Å²) < 4.78 is 5.34. The molecule has 24 heavy (non-hydrogen) atoms. The maximum Gasteiger partial charge on any atom is 0.119 e. The van der Waals surface area contributed by atoms with Crippen molar-refractivity contribution in [1.29, 1.82) is 0 Å². The minimum Gasteiger partial charge on any atom is -0.497 e. The first kappa shape index (κ1) is 17.2. The van der Waals surface area contributed by atoms with Crippen LogP contribution in [0.2, 0.25) is 0 Å². The highest BCUT2D eigenvalue weighted by Gasteiger charge is 2.32. The summed E-state index contributed by atoms with van der Waals surface area (Å²) in [6, 6.07) is 7.84. The fourth-order valence-corrected chi connectivity index (χ4v) is 4.04. The van der Waals surface area contributed by atoms with Crippen molar-refractivity contribution in [3.8, 4) is 5.75 Å². The van der Waals surface area contributed by atoms with Gasteiger partial charge >= 0.3 is 0 Å². The smallest absolute Gasteiger partial charge is 0.119 e. The molecule has 1 aromatic carbocycles. The molecule has 1 aromatic heterocycles. The lowest BCUT2D eigenvalue weighted by molar-refractivity contribution is 0.0775. The number of aliphatic hydroxyl groups is 1. The first-order valence-electron chi connectivity index (χ1n) is 9.02. The van der Waals surface area contributed by atoms with Crippen molar-refractivity contribution in [1.82, 2.24) is 10.3 Å². The molecule has 0 saturated carbocycles. The van der Waals surface area contributed by atoms with Gasteiger partial charge in [-0.3, -0.25) is 4.98 Å². The van der Waals surface area contributed by atoms with E-state index in [2.05, 4.69) is 24.1 Å². The van der Waals surface area contributed by atoms with Crippen LogP contribution in [0.25, 0.3) is 10.9 Å². The van der Waals surface area contributed by atoms with Crippen LogP contribution in [0.15, 0.2) is 30.5 Å². The molecular formula is C20H28N2O2. The molecule has 130 valence electrons. The number of ether oxygens (including phenoxy) is 1. The van der Waals surface area contributed by atoms with Gasteiger partial charge in [0.1, 0.15) is 5.75 Å². The van der Waals surface area contributed by atoms with Crippen LogP contribution in [0, 0.1) is 11.8 Å². The SMILES string of the molecule is CCC1CN[C@@H]([C@H](O)c2ccnc3ccc(OC)cc23)C[C@@H]1CC. The number of fused-ring (bicyclic) bond motifs is 1. The molecule has 3 rings (SSSR count). The maximum atomic E-state index is 11.0. The van der Waals surface area contributed by atoms with Crippen molar-refractivity contribution in [2.45, 2.75) is 45.3 Å². The molecular weight excluding hydrogens is 300 g/mol. The molecule has 1 aliphatic rings. The van der Waals surface area contributed by atoms with E-state index in [1.165, 1.54) is 12.8 Å². The highest BCUT2D eigenvalue weighted by molar-refractivity contribution is 5.83. The number of benzene rings is 1. The zero-order chi connectivity index (χ0) is 17.1. The summed E-state index contributed by atoms with van der Waals surface area (Å²) in [6.07, 6.45) is 4.64. The van der Waals surface area contributed by atoms with E-state index in [1.54, 1.807) is 13.3 Å². The van der Waals surface area contributed by atoms with Gasteiger partial charge in [-0.15, -0.1) is 0 Å². The van der Waals surface area contributed by atoms with Gasteiger partial charge in [0.05, 0.1) is 18.7 Å². The zero-order valence-electron chi connectivity index (χ0n) is 14.8. The molecule has 4 heteroatoms. The number of rotatable bonds is 5. The highest BCUT2D eigenvalue weighted by Crippen LogP contribution is 2.35. The Morgan fingerprint density at radius 1 is 1.25 bits per heavy atom. The molecule has 0 radical (unpaired) electrons. The molecule has 0 bridgehead atoms. The molecule has 0 aliphatic carbocycles. The summed E-state index contributed by atoms with van der Waals surface area (Å²) >= 11 is 0. The number of hydrogen-bond donors (Lipinski definition) is 2. The van der Waals surface area contributed by atoms with Crippen LogP contribution >= 0.6 is 0 Å². The summed E-state index contributed by atoms with van der Waals surface area (Å²) in [6.45, 7) is 5.51. The second-order valence-electron chi connectivity index (χ2n) is 6.82. The van der Waals surface area contributed by atoms with Gasteiger partial charge < -0.3 is 15.2 Å². The third-order valence-corrected chi connectivity index (χ3v) is 5.60. The Morgan fingerprint density at radius 2 is 2.04 bits per heavy atom. The predicted molar refractivity (Wildman–Crippen MR) is 97.2 cm³/mol. The Hall–Kier alpha value is -1.65. The molecule has 4 nitrogen and oxygen atoms in total. The quantitative estimate of drug-likeness (QED) is 0.879. The molecule has 1 saturated heterocycles. The minimum absolute atomic E-state index is 0.0922. The van der Waals surface area contributed by atoms with E-state index in [4.69, 9.17) is 4.74 Å². The molecule has 2 N–H and O–H groups in total. The lowest BCUT2D eigenvalue weighted by atomic mass is 9.78. The Balaban J connectivity index is 1.89. The number of nitrogens with zero attached hydrogens (tertiary/aromatic N) is 1. The van der Waals surface area contributed by atoms with Gasteiger partial charge in [0.2, 0.25) is 0 Å². The van der Waals surface area contributed by atoms with Crippen molar-refractivity contribution >= 4 is 10.9 Å². The zero-order valence-corrected chi connectivity index (χ0v) is 14.8. The molecule has 2 heterocycles. The van der Waals surface area contributed by atoms with Gasteiger partial charge in [-0.05, 0) is 54.6 Å². The Kier molecular flexibility index (Phi) is 5.36. The number of methoxy groups -OCH3 is 1. The minimum atomic E-state index is -0.533. The topological polar surface area (TPSA) is 54.4 Å². The summed E-state index contributed by atoms with van der Waals surface area (Å²) in [4.78, 5) is 4.41. The maximum absolute atomic E-state index is 11.0. The molecule has 1 aliphatic heterocycles. The standard InChI is InChI=1S/C20H28N2O2/c1-4-13-10-19(22-12-14(13)5-2)20(23)16-8-9-21-18-7-6-15(24-3)11-17(16)18/h6-9,11,13-14,19-20,22-23H,4-5,10,12H2,1-3H3/t13-,14?,19+,20+/m0/s1. The van der Waals surface area contributed by atoms with Crippen LogP contribution in [-0.4, -0.2) is 29.8 Å². The van der Waals surface area contributed by atoms with Crippen LogP contribution in [0.5, 0.6) is 5.75 Å². The third-order valence-electron chi connectivity index (χ3n) is 5.60. The van der Waals surface area contributed by atoms with Gasteiger partial charge in [0.15, 0.2) is 0 Å². The Morgan fingerprint density at radius 3 is 2.75 bits per heavy atom. The molecule has 0 amide bonds. The Bertz CT molecular complexity index is 688. The second-order valence-corrected chi connectivity index (χ2v) is 6.82. The van der Waals surface area contributed by atoms with Crippen molar-refractivity contribution in [2.24, 2.45) is 11.8 Å². The van der Waals surface area contributed by atoms with E-state index in [1.807, 2.05) is 24.3 Å². The van der Waals surface area contributed by atoms with Crippen LogP contribution in [-0.2, 0) is 0 Å². The normalized spacial score (nSPS) is 25.6. The van der Waals surface area contributed by atoms with Gasteiger partial charge in [0.25, 0.3) is 0 Å².